The summed E-state index contributed by atoms with van der Waals surface area (Å²) >= 11 is 9.28. The van der Waals surface area contributed by atoms with E-state index in [-0.39, 0.29) is 0 Å². The highest BCUT2D eigenvalue weighted by Crippen LogP contribution is 2.26. The Bertz CT molecular complexity index is 558. The second-order valence-corrected chi connectivity index (χ2v) is 5.58. The van der Waals surface area contributed by atoms with Crippen molar-refractivity contribution in [2.24, 2.45) is 0 Å². The van der Waals surface area contributed by atoms with Gasteiger partial charge in [-0.15, -0.1) is 11.6 Å². The van der Waals surface area contributed by atoms with Crippen molar-refractivity contribution in [2.75, 3.05) is 11.2 Å². The van der Waals surface area contributed by atoms with Gasteiger partial charge in [-0.25, -0.2) is 4.98 Å². The first kappa shape index (κ1) is 14.4. The molecule has 2 nitrogen and oxygen atoms in total. The Morgan fingerprint density at radius 1 is 1.32 bits per heavy atom. The molecular formula is C15H16BrClN2. The first-order valence-corrected chi connectivity index (χ1v) is 7.56. The third kappa shape index (κ3) is 3.95. The van der Waals surface area contributed by atoms with Crippen LogP contribution in [0.4, 0.5) is 11.5 Å². The molecule has 0 saturated heterocycles. The van der Waals surface area contributed by atoms with E-state index in [9.17, 15) is 0 Å². The number of benzene rings is 1. The zero-order chi connectivity index (χ0) is 13.7. The van der Waals surface area contributed by atoms with Crippen LogP contribution in [0.5, 0.6) is 0 Å². The highest BCUT2D eigenvalue weighted by atomic mass is 79.9. The normalized spacial score (nSPS) is 10.5. The van der Waals surface area contributed by atoms with Crippen LogP contribution < -0.4 is 5.32 Å². The molecule has 0 fully saturated rings. The Kier molecular flexibility index (Phi) is 5.23. The number of aryl methyl sites for hydroxylation is 2. The van der Waals surface area contributed by atoms with Crippen molar-refractivity contribution in [2.45, 2.75) is 19.8 Å². The van der Waals surface area contributed by atoms with E-state index in [2.05, 4.69) is 44.4 Å². The van der Waals surface area contributed by atoms with Gasteiger partial charge in [-0.05, 0) is 65.0 Å². The Morgan fingerprint density at radius 3 is 2.95 bits per heavy atom. The monoisotopic (exact) mass is 338 g/mol. The summed E-state index contributed by atoms with van der Waals surface area (Å²) in [5.41, 5.74) is 3.50. The lowest BCUT2D eigenvalue weighted by molar-refractivity contribution is 0.929. The average molecular weight is 340 g/mol. The van der Waals surface area contributed by atoms with Crippen molar-refractivity contribution in [1.82, 2.24) is 4.98 Å². The van der Waals surface area contributed by atoms with E-state index in [4.69, 9.17) is 11.6 Å². The minimum atomic E-state index is 0.697. The van der Waals surface area contributed by atoms with Crippen LogP contribution in [0.25, 0.3) is 0 Å². The SMILES string of the molecule is Cc1ccnc(Nc2cccc(CCCCl)c2)c1Br. The fourth-order valence-corrected chi connectivity index (χ4v) is 2.31. The first-order valence-electron chi connectivity index (χ1n) is 6.23. The van der Waals surface area contributed by atoms with Crippen LogP contribution in [0.1, 0.15) is 17.5 Å². The van der Waals surface area contributed by atoms with Crippen LogP contribution in [0, 0.1) is 6.92 Å². The number of nitrogens with one attached hydrogen (secondary N) is 1. The lowest BCUT2D eigenvalue weighted by Crippen LogP contribution is -1.97. The van der Waals surface area contributed by atoms with E-state index in [0.29, 0.717) is 5.88 Å². The molecule has 0 saturated carbocycles. The summed E-state index contributed by atoms with van der Waals surface area (Å²) in [4.78, 5) is 4.35. The molecule has 0 bridgehead atoms. The molecule has 0 aliphatic heterocycles. The predicted molar refractivity (Wildman–Crippen MR) is 85.4 cm³/mol. The van der Waals surface area contributed by atoms with Gasteiger partial charge < -0.3 is 5.32 Å². The fourth-order valence-electron chi connectivity index (χ4n) is 1.84. The van der Waals surface area contributed by atoms with Gasteiger partial charge in [0.1, 0.15) is 5.82 Å². The lowest BCUT2D eigenvalue weighted by atomic mass is 10.1. The fraction of sp³-hybridized carbons (Fsp3) is 0.267. The van der Waals surface area contributed by atoms with Gasteiger partial charge in [-0.2, -0.15) is 0 Å². The quantitative estimate of drug-likeness (QED) is 0.769. The van der Waals surface area contributed by atoms with Crippen LogP contribution in [-0.4, -0.2) is 10.9 Å². The zero-order valence-corrected chi connectivity index (χ0v) is 13.1. The average Bonchev–Trinajstić information content (AvgIpc) is 2.42. The Balaban J connectivity index is 2.16. The molecule has 1 aromatic carbocycles. The maximum absolute atomic E-state index is 5.73. The summed E-state index contributed by atoms with van der Waals surface area (Å²) in [6.07, 6.45) is 3.80. The van der Waals surface area contributed by atoms with Crippen molar-refractivity contribution < 1.29 is 0 Å². The Morgan fingerprint density at radius 2 is 2.16 bits per heavy atom. The number of pyridine rings is 1. The van der Waals surface area contributed by atoms with Crippen molar-refractivity contribution in [3.05, 3.63) is 52.1 Å². The highest BCUT2D eigenvalue weighted by Gasteiger charge is 2.04. The van der Waals surface area contributed by atoms with E-state index >= 15 is 0 Å². The molecule has 0 amide bonds. The minimum Gasteiger partial charge on any atom is -0.339 e. The van der Waals surface area contributed by atoms with E-state index in [0.717, 1.165) is 34.4 Å². The number of hydrogen-bond donors (Lipinski definition) is 1. The van der Waals surface area contributed by atoms with Crippen LogP contribution in [0.15, 0.2) is 41.0 Å². The predicted octanol–water partition coefficient (Wildman–Crippen LogP) is 5.07. The number of anilines is 2. The molecule has 100 valence electrons. The Labute approximate surface area is 127 Å². The molecule has 1 heterocycles. The van der Waals surface area contributed by atoms with Gasteiger partial charge in [0.2, 0.25) is 0 Å². The second-order valence-electron chi connectivity index (χ2n) is 4.41. The number of rotatable bonds is 5. The summed E-state index contributed by atoms with van der Waals surface area (Å²) < 4.78 is 1.00. The van der Waals surface area contributed by atoms with Crippen LogP contribution in [0.3, 0.4) is 0 Å². The van der Waals surface area contributed by atoms with Gasteiger partial charge in [-0.3, -0.25) is 0 Å². The molecule has 0 spiro atoms. The topological polar surface area (TPSA) is 24.9 Å². The summed E-state index contributed by atoms with van der Waals surface area (Å²) in [5.74, 6) is 1.54. The smallest absolute Gasteiger partial charge is 0.144 e. The van der Waals surface area contributed by atoms with Gasteiger partial charge >= 0.3 is 0 Å². The minimum absolute atomic E-state index is 0.697. The van der Waals surface area contributed by atoms with Gasteiger partial charge in [0.05, 0.1) is 4.47 Å². The van der Waals surface area contributed by atoms with E-state index < -0.39 is 0 Å². The molecule has 0 atom stereocenters. The van der Waals surface area contributed by atoms with E-state index in [1.807, 2.05) is 19.1 Å². The Hall–Kier alpha value is -1.06. The largest absolute Gasteiger partial charge is 0.339 e. The zero-order valence-electron chi connectivity index (χ0n) is 10.8. The van der Waals surface area contributed by atoms with Crippen molar-refractivity contribution in [3.63, 3.8) is 0 Å². The number of halogens is 2. The van der Waals surface area contributed by atoms with Gasteiger partial charge in [0, 0.05) is 17.8 Å². The lowest BCUT2D eigenvalue weighted by Gasteiger charge is -2.10. The molecule has 2 rings (SSSR count). The van der Waals surface area contributed by atoms with Gasteiger partial charge in [0.25, 0.3) is 0 Å². The van der Waals surface area contributed by atoms with E-state index in [1.165, 1.54) is 5.56 Å². The van der Waals surface area contributed by atoms with Crippen LogP contribution >= 0.6 is 27.5 Å². The van der Waals surface area contributed by atoms with Crippen molar-refractivity contribution in [1.29, 1.82) is 0 Å². The molecule has 19 heavy (non-hydrogen) atoms. The summed E-state index contributed by atoms with van der Waals surface area (Å²) in [7, 11) is 0. The summed E-state index contributed by atoms with van der Waals surface area (Å²) in [5, 5.41) is 3.34. The van der Waals surface area contributed by atoms with Gasteiger partial charge in [-0.1, -0.05) is 12.1 Å². The van der Waals surface area contributed by atoms with Crippen molar-refractivity contribution >= 4 is 39.0 Å². The maximum atomic E-state index is 5.73. The number of hydrogen-bond acceptors (Lipinski definition) is 2. The van der Waals surface area contributed by atoms with Crippen LogP contribution in [0.2, 0.25) is 0 Å². The number of alkyl halides is 1. The molecule has 4 heteroatoms. The highest BCUT2D eigenvalue weighted by molar-refractivity contribution is 9.10. The first-order chi connectivity index (χ1) is 9.20. The second kappa shape index (κ2) is 6.92. The molecule has 2 aromatic rings. The third-order valence-electron chi connectivity index (χ3n) is 2.87. The van der Waals surface area contributed by atoms with Crippen molar-refractivity contribution in [3.8, 4) is 0 Å². The molecule has 1 aromatic heterocycles. The number of aromatic nitrogens is 1. The summed E-state index contributed by atoms with van der Waals surface area (Å²) in [6.45, 7) is 2.05. The molecule has 1 N–H and O–H groups in total. The standard InChI is InChI=1S/C15H16BrClN2/c1-11-7-9-18-15(14(11)16)19-13-6-2-4-12(10-13)5-3-8-17/h2,4,6-7,9-10H,3,5,8H2,1H3,(H,18,19). The summed E-state index contributed by atoms with van der Waals surface area (Å²) in [6, 6.07) is 10.3. The molecule has 0 aliphatic carbocycles. The molecule has 0 aliphatic rings. The number of nitrogens with zero attached hydrogens (tertiary/aromatic N) is 1. The van der Waals surface area contributed by atoms with Crippen LogP contribution in [-0.2, 0) is 6.42 Å². The van der Waals surface area contributed by atoms with E-state index in [1.54, 1.807) is 6.20 Å². The van der Waals surface area contributed by atoms with Gasteiger partial charge in [0.15, 0.2) is 0 Å². The molecular weight excluding hydrogens is 324 g/mol. The molecule has 0 unspecified atom stereocenters. The third-order valence-corrected chi connectivity index (χ3v) is 4.14. The maximum Gasteiger partial charge on any atom is 0.144 e. The molecule has 0 radical (unpaired) electrons.